The average Bonchev–Trinajstić information content (AvgIpc) is 3.25. The summed E-state index contributed by atoms with van der Waals surface area (Å²) in [5.41, 5.74) is 0. The monoisotopic (exact) mass is 318 g/mol. The van der Waals surface area contributed by atoms with Crippen LogP contribution in [0.1, 0.15) is 12.7 Å². The van der Waals surface area contributed by atoms with Gasteiger partial charge in [-0.15, -0.1) is 11.3 Å². The van der Waals surface area contributed by atoms with Gasteiger partial charge < -0.3 is 9.84 Å². The van der Waals surface area contributed by atoms with Gasteiger partial charge in [-0.3, -0.25) is 9.48 Å². The summed E-state index contributed by atoms with van der Waals surface area (Å²) < 4.78 is 6.78. The predicted molar refractivity (Wildman–Crippen MR) is 78.6 cm³/mol. The highest BCUT2D eigenvalue weighted by Gasteiger charge is 2.15. The Balaban J connectivity index is 1.52. The zero-order valence-corrected chi connectivity index (χ0v) is 12.7. The number of nitrogens with one attached hydrogen (secondary N) is 1. The van der Waals surface area contributed by atoms with E-state index in [4.69, 9.17) is 4.52 Å². The Hall–Kier alpha value is -2.55. The van der Waals surface area contributed by atoms with Crippen molar-refractivity contribution in [2.45, 2.75) is 20.0 Å². The number of aromatic nitrogens is 5. The molecule has 0 saturated heterocycles. The van der Waals surface area contributed by atoms with E-state index in [1.807, 2.05) is 24.4 Å². The topological polar surface area (TPSA) is 98.7 Å². The van der Waals surface area contributed by atoms with Crippen LogP contribution < -0.4 is 5.32 Å². The van der Waals surface area contributed by atoms with Crippen LogP contribution in [-0.4, -0.2) is 30.8 Å². The van der Waals surface area contributed by atoms with Crippen molar-refractivity contribution in [3.63, 3.8) is 0 Å². The Kier molecular flexibility index (Phi) is 4.24. The van der Waals surface area contributed by atoms with E-state index in [2.05, 4.69) is 25.5 Å². The van der Waals surface area contributed by atoms with E-state index in [0.717, 1.165) is 4.88 Å². The molecular weight excluding hydrogens is 304 g/mol. The first-order valence-corrected chi connectivity index (χ1v) is 7.57. The number of nitrogens with zero attached hydrogens (tertiary/aromatic N) is 5. The second-order valence-corrected chi connectivity index (χ2v) is 5.68. The Morgan fingerprint density at radius 2 is 2.45 bits per heavy atom. The van der Waals surface area contributed by atoms with Crippen molar-refractivity contribution < 1.29 is 9.32 Å². The van der Waals surface area contributed by atoms with Crippen LogP contribution in [0.3, 0.4) is 0 Å². The lowest BCUT2D eigenvalue weighted by molar-refractivity contribution is -0.125. The highest BCUT2D eigenvalue weighted by atomic mass is 32.1. The number of carbonyl (C=O) groups is 1. The first-order valence-electron chi connectivity index (χ1n) is 6.69. The summed E-state index contributed by atoms with van der Waals surface area (Å²) in [7, 11) is 0. The molecule has 0 aliphatic carbocycles. The molecule has 1 amide bonds. The minimum absolute atomic E-state index is 0.0991. The Labute approximate surface area is 130 Å². The molecule has 3 aromatic rings. The van der Waals surface area contributed by atoms with Gasteiger partial charge in [0.2, 0.25) is 5.91 Å². The summed E-state index contributed by atoms with van der Waals surface area (Å²) in [4.78, 5) is 21.0. The predicted octanol–water partition coefficient (Wildman–Crippen LogP) is 1.34. The van der Waals surface area contributed by atoms with E-state index in [-0.39, 0.29) is 18.4 Å². The summed E-state index contributed by atoms with van der Waals surface area (Å²) in [5.74, 6) is 0.586. The molecule has 3 rings (SSSR count). The SMILES string of the molecule is CC(Cn1cncn1)C(=O)NCc1noc(-c2cccs2)n1. The van der Waals surface area contributed by atoms with Crippen LogP contribution in [0.15, 0.2) is 34.7 Å². The van der Waals surface area contributed by atoms with Crippen molar-refractivity contribution in [2.24, 2.45) is 5.92 Å². The van der Waals surface area contributed by atoms with Gasteiger partial charge in [0.1, 0.15) is 12.7 Å². The lowest BCUT2D eigenvalue weighted by atomic mass is 10.1. The van der Waals surface area contributed by atoms with E-state index in [9.17, 15) is 4.79 Å². The van der Waals surface area contributed by atoms with E-state index >= 15 is 0 Å². The maximum Gasteiger partial charge on any atom is 0.268 e. The summed E-state index contributed by atoms with van der Waals surface area (Å²) >= 11 is 1.52. The minimum Gasteiger partial charge on any atom is -0.348 e. The van der Waals surface area contributed by atoms with Gasteiger partial charge in [-0.2, -0.15) is 10.1 Å². The highest BCUT2D eigenvalue weighted by Crippen LogP contribution is 2.22. The second kappa shape index (κ2) is 6.48. The minimum atomic E-state index is -0.231. The van der Waals surface area contributed by atoms with Crippen LogP contribution in [0.25, 0.3) is 10.8 Å². The van der Waals surface area contributed by atoms with Gasteiger partial charge in [-0.1, -0.05) is 18.1 Å². The summed E-state index contributed by atoms with van der Waals surface area (Å²) in [6, 6.07) is 3.82. The largest absolute Gasteiger partial charge is 0.348 e. The van der Waals surface area contributed by atoms with Gasteiger partial charge in [0.15, 0.2) is 5.82 Å². The van der Waals surface area contributed by atoms with Crippen molar-refractivity contribution >= 4 is 17.2 Å². The second-order valence-electron chi connectivity index (χ2n) is 4.73. The third kappa shape index (κ3) is 3.37. The van der Waals surface area contributed by atoms with E-state index in [0.29, 0.717) is 18.3 Å². The number of amides is 1. The number of hydrogen-bond donors (Lipinski definition) is 1. The summed E-state index contributed by atoms with van der Waals surface area (Å²) in [5, 5.41) is 12.6. The molecule has 1 atom stereocenters. The van der Waals surface area contributed by atoms with Crippen LogP contribution in [0.4, 0.5) is 0 Å². The number of rotatable bonds is 6. The van der Waals surface area contributed by atoms with Crippen LogP contribution in [-0.2, 0) is 17.9 Å². The number of carbonyl (C=O) groups excluding carboxylic acids is 1. The van der Waals surface area contributed by atoms with Crippen molar-refractivity contribution in [1.82, 2.24) is 30.2 Å². The average molecular weight is 318 g/mol. The van der Waals surface area contributed by atoms with Crippen LogP contribution in [0, 0.1) is 5.92 Å². The molecule has 3 aromatic heterocycles. The molecule has 1 N–H and O–H groups in total. The van der Waals surface area contributed by atoms with Gasteiger partial charge in [0.25, 0.3) is 5.89 Å². The van der Waals surface area contributed by atoms with Gasteiger partial charge in [0.05, 0.1) is 23.9 Å². The zero-order chi connectivity index (χ0) is 15.4. The molecule has 22 heavy (non-hydrogen) atoms. The summed E-state index contributed by atoms with van der Waals surface area (Å²) in [6.45, 7) is 2.53. The molecular formula is C13H14N6O2S. The molecule has 1 unspecified atom stereocenters. The Morgan fingerprint density at radius 1 is 1.55 bits per heavy atom. The van der Waals surface area contributed by atoms with Crippen molar-refractivity contribution in [2.75, 3.05) is 0 Å². The van der Waals surface area contributed by atoms with Gasteiger partial charge in [-0.25, -0.2) is 4.98 Å². The maximum atomic E-state index is 12.0. The van der Waals surface area contributed by atoms with Gasteiger partial charge in [-0.05, 0) is 11.4 Å². The Bertz CT molecular complexity index is 722. The maximum absolute atomic E-state index is 12.0. The molecule has 0 bridgehead atoms. The van der Waals surface area contributed by atoms with Crippen LogP contribution >= 0.6 is 11.3 Å². The molecule has 3 heterocycles. The molecule has 114 valence electrons. The molecule has 0 aliphatic heterocycles. The fourth-order valence-corrected chi connectivity index (χ4v) is 2.50. The van der Waals surface area contributed by atoms with Crippen molar-refractivity contribution in [1.29, 1.82) is 0 Å². The first-order chi connectivity index (χ1) is 10.7. The van der Waals surface area contributed by atoms with E-state index in [1.54, 1.807) is 11.0 Å². The van der Waals surface area contributed by atoms with Crippen LogP contribution in [0.5, 0.6) is 0 Å². The molecule has 0 radical (unpaired) electrons. The fourth-order valence-electron chi connectivity index (χ4n) is 1.86. The first kappa shape index (κ1) is 14.4. The van der Waals surface area contributed by atoms with Crippen molar-refractivity contribution in [3.05, 3.63) is 36.0 Å². The van der Waals surface area contributed by atoms with E-state index < -0.39 is 0 Å². The zero-order valence-electron chi connectivity index (χ0n) is 11.8. The lowest BCUT2D eigenvalue weighted by Gasteiger charge is -2.10. The molecule has 8 nitrogen and oxygen atoms in total. The fraction of sp³-hybridized carbons (Fsp3) is 0.308. The third-order valence-corrected chi connectivity index (χ3v) is 3.85. The molecule has 0 spiro atoms. The van der Waals surface area contributed by atoms with Crippen molar-refractivity contribution in [3.8, 4) is 10.8 Å². The number of hydrogen-bond acceptors (Lipinski definition) is 7. The normalized spacial score (nSPS) is 12.2. The summed E-state index contributed by atoms with van der Waals surface area (Å²) in [6.07, 6.45) is 3.02. The lowest BCUT2D eigenvalue weighted by Crippen LogP contribution is -2.31. The van der Waals surface area contributed by atoms with Crippen LogP contribution in [0.2, 0.25) is 0 Å². The highest BCUT2D eigenvalue weighted by molar-refractivity contribution is 7.13. The molecule has 0 aromatic carbocycles. The third-order valence-electron chi connectivity index (χ3n) is 3.00. The molecule has 0 saturated carbocycles. The van der Waals surface area contributed by atoms with Gasteiger partial charge >= 0.3 is 0 Å². The van der Waals surface area contributed by atoms with Gasteiger partial charge in [0, 0.05) is 0 Å². The quantitative estimate of drug-likeness (QED) is 0.736. The Morgan fingerprint density at radius 3 is 3.18 bits per heavy atom. The smallest absolute Gasteiger partial charge is 0.268 e. The molecule has 0 aliphatic rings. The molecule has 9 heteroatoms. The standard InChI is InChI=1S/C13H14N6O2S/c1-9(6-19-8-14-7-16-19)12(20)15-5-11-17-13(21-18-11)10-3-2-4-22-10/h2-4,7-9H,5-6H2,1H3,(H,15,20). The number of thiophene rings is 1. The molecule has 0 fully saturated rings. The van der Waals surface area contributed by atoms with E-state index in [1.165, 1.54) is 17.7 Å².